The van der Waals surface area contributed by atoms with Crippen LogP contribution in [-0.2, 0) is 0 Å². The van der Waals surface area contributed by atoms with Gasteiger partial charge >= 0.3 is 0 Å². The number of nitrogens with one attached hydrogen (secondary N) is 1. The molecule has 0 bridgehead atoms. The zero-order valence-electron chi connectivity index (χ0n) is 11.9. The smallest absolute Gasteiger partial charge is 0.196 e. The fourth-order valence-electron chi connectivity index (χ4n) is 2.31. The van der Waals surface area contributed by atoms with Gasteiger partial charge in [-0.15, -0.1) is 11.3 Å². The molecule has 0 fully saturated rings. The lowest BCUT2D eigenvalue weighted by atomic mass is 10.2. The van der Waals surface area contributed by atoms with Crippen LogP contribution in [0.4, 0.5) is 0 Å². The summed E-state index contributed by atoms with van der Waals surface area (Å²) in [4.78, 5) is 12.6. The number of rotatable bonds is 5. The molecule has 0 saturated heterocycles. The van der Waals surface area contributed by atoms with Crippen LogP contribution >= 0.6 is 11.3 Å². The summed E-state index contributed by atoms with van der Waals surface area (Å²) in [7, 11) is 1.92. The molecular formula is C17H17NO2S. The molecule has 0 spiro atoms. The largest absolute Gasteiger partial charge is 0.494 e. The Kier molecular flexibility index (Phi) is 4.18. The normalized spacial score (nSPS) is 11.1. The molecule has 108 valence electrons. The summed E-state index contributed by atoms with van der Waals surface area (Å²) in [5, 5.41) is 4.61. The molecule has 1 aromatic heterocycles. The van der Waals surface area contributed by atoms with Crippen LogP contribution < -0.4 is 15.5 Å². The molecule has 0 saturated carbocycles. The fourth-order valence-corrected chi connectivity index (χ4v) is 3.36. The third-order valence-electron chi connectivity index (χ3n) is 3.39. The zero-order chi connectivity index (χ0) is 14.7. The van der Waals surface area contributed by atoms with Crippen LogP contribution in [-0.4, -0.2) is 20.2 Å². The fraction of sp³-hybridized carbons (Fsp3) is 0.235. The molecule has 0 amide bonds. The minimum Gasteiger partial charge on any atom is -0.494 e. The molecule has 2 aromatic carbocycles. The first-order chi connectivity index (χ1) is 10.3. The quantitative estimate of drug-likeness (QED) is 0.579. The molecular weight excluding hydrogens is 282 g/mol. The summed E-state index contributed by atoms with van der Waals surface area (Å²) in [6.07, 6.45) is 0.944. The van der Waals surface area contributed by atoms with Gasteiger partial charge in [-0.1, -0.05) is 12.1 Å². The minimum absolute atomic E-state index is 0.0834. The molecule has 21 heavy (non-hydrogen) atoms. The predicted molar refractivity (Wildman–Crippen MR) is 89.6 cm³/mol. The Balaban J connectivity index is 1.99. The Hall–Kier alpha value is -1.91. The van der Waals surface area contributed by atoms with Crippen molar-refractivity contribution in [1.29, 1.82) is 0 Å². The first kappa shape index (κ1) is 14.0. The molecule has 4 heteroatoms. The van der Waals surface area contributed by atoms with Crippen LogP contribution in [0.3, 0.4) is 0 Å². The van der Waals surface area contributed by atoms with E-state index in [-0.39, 0.29) is 5.43 Å². The van der Waals surface area contributed by atoms with Crippen LogP contribution in [0.5, 0.6) is 5.75 Å². The second-order valence-corrected chi connectivity index (χ2v) is 5.97. The number of hydrogen-bond donors (Lipinski definition) is 1. The van der Waals surface area contributed by atoms with Gasteiger partial charge in [-0.25, -0.2) is 0 Å². The zero-order valence-corrected chi connectivity index (χ0v) is 12.7. The maximum atomic E-state index is 12.6. The van der Waals surface area contributed by atoms with Crippen molar-refractivity contribution in [2.45, 2.75) is 6.42 Å². The molecule has 0 aliphatic heterocycles. The van der Waals surface area contributed by atoms with E-state index >= 15 is 0 Å². The molecule has 3 nitrogen and oxygen atoms in total. The summed E-state index contributed by atoms with van der Waals surface area (Å²) >= 11 is 1.64. The van der Waals surface area contributed by atoms with Crippen molar-refractivity contribution in [2.75, 3.05) is 20.2 Å². The van der Waals surface area contributed by atoms with Crippen LogP contribution in [0.1, 0.15) is 6.42 Å². The van der Waals surface area contributed by atoms with Crippen molar-refractivity contribution in [3.63, 3.8) is 0 Å². The van der Waals surface area contributed by atoms with Gasteiger partial charge in [-0.2, -0.15) is 0 Å². The SMILES string of the molecule is CNCCCOc1ccc2sc3ccccc3c(=O)c2c1. The summed E-state index contributed by atoms with van der Waals surface area (Å²) in [5.74, 6) is 0.762. The van der Waals surface area contributed by atoms with Crippen molar-refractivity contribution in [3.8, 4) is 5.75 Å². The Bertz CT molecular complexity index is 826. The van der Waals surface area contributed by atoms with Gasteiger partial charge in [0.1, 0.15) is 5.75 Å². The average Bonchev–Trinajstić information content (AvgIpc) is 2.52. The predicted octanol–water partition coefficient (Wildman–Crippen LogP) is 3.40. The van der Waals surface area contributed by atoms with Gasteiger partial charge in [-0.3, -0.25) is 4.79 Å². The van der Waals surface area contributed by atoms with E-state index in [0.717, 1.165) is 38.9 Å². The standard InChI is InChI=1S/C17H17NO2S/c1-18-9-4-10-20-12-7-8-16-14(11-12)17(19)13-5-2-3-6-15(13)21-16/h2-3,5-8,11,18H,4,9-10H2,1H3. The molecule has 1 N–H and O–H groups in total. The first-order valence-corrected chi connectivity index (χ1v) is 7.84. The summed E-state index contributed by atoms with van der Waals surface area (Å²) in [6, 6.07) is 13.5. The molecule has 0 atom stereocenters. The lowest BCUT2D eigenvalue weighted by molar-refractivity contribution is 0.310. The molecule has 0 aliphatic rings. The highest BCUT2D eigenvalue weighted by Gasteiger charge is 2.06. The lowest BCUT2D eigenvalue weighted by Gasteiger charge is -2.07. The Morgan fingerprint density at radius 3 is 2.76 bits per heavy atom. The Morgan fingerprint density at radius 2 is 1.90 bits per heavy atom. The van der Waals surface area contributed by atoms with Crippen LogP contribution in [0, 0.1) is 0 Å². The Labute approximate surface area is 127 Å². The average molecular weight is 299 g/mol. The maximum Gasteiger partial charge on any atom is 0.196 e. The van der Waals surface area contributed by atoms with Crippen molar-refractivity contribution < 1.29 is 4.74 Å². The number of benzene rings is 2. The maximum absolute atomic E-state index is 12.6. The Morgan fingerprint density at radius 1 is 1.10 bits per heavy atom. The summed E-state index contributed by atoms with van der Waals surface area (Å²) in [5.41, 5.74) is 0.0834. The van der Waals surface area contributed by atoms with Crippen molar-refractivity contribution in [3.05, 3.63) is 52.7 Å². The second kappa shape index (κ2) is 6.24. The number of ether oxygens (including phenoxy) is 1. The molecule has 3 rings (SSSR count). The lowest BCUT2D eigenvalue weighted by Crippen LogP contribution is -2.11. The summed E-state index contributed by atoms with van der Waals surface area (Å²) in [6.45, 7) is 1.57. The molecule has 0 radical (unpaired) electrons. The molecule has 0 aliphatic carbocycles. The second-order valence-electron chi connectivity index (χ2n) is 4.89. The number of fused-ring (bicyclic) bond motifs is 2. The van der Waals surface area contributed by atoms with E-state index in [1.807, 2.05) is 49.5 Å². The van der Waals surface area contributed by atoms with E-state index in [9.17, 15) is 4.79 Å². The molecule has 1 heterocycles. The van der Waals surface area contributed by atoms with E-state index in [1.165, 1.54) is 0 Å². The van der Waals surface area contributed by atoms with E-state index in [1.54, 1.807) is 11.3 Å². The third kappa shape index (κ3) is 2.91. The monoisotopic (exact) mass is 299 g/mol. The van der Waals surface area contributed by atoms with Gasteiger partial charge in [0.05, 0.1) is 6.61 Å². The van der Waals surface area contributed by atoms with E-state index in [0.29, 0.717) is 6.61 Å². The highest BCUT2D eigenvalue weighted by Crippen LogP contribution is 2.27. The third-order valence-corrected chi connectivity index (χ3v) is 4.54. The van der Waals surface area contributed by atoms with Crippen molar-refractivity contribution >= 4 is 31.5 Å². The van der Waals surface area contributed by atoms with Crippen LogP contribution in [0.2, 0.25) is 0 Å². The topological polar surface area (TPSA) is 38.3 Å². The van der Waals surface area contributed by atoms with Crippen LogP contribution in [0.25, 0.3) is 20.2 Å². The number of hydrogen-bond acceptors (Lipinski definition) is 4. The van der Waals surface area contributed by atoms with Gasteiger partial charge in [0, 0.05) is 20.2 Å². The van der Waals surface area contributed by atoms with Crippen molar-refractivity contribution in [1.82, 2.24) is 5.32 Å². The molecule has 0 unspecified atom stereocenters. The van der Waals surface area contributed by atoms with E-state index in [4.69, 9.17) is 4.74 Å². The highest BCUT2D eigenvalue weighted by atomic mass is 32.1. The highest BCUT2D eigenvalue weighted by molar-refractivity contribution is 7.24. The van der Waals surface area contributed by atoms with Gasteiger partial charge < -0.3 is 10.1 Å². The minimum atomic E-state index is 0.0834. The van der Waals surface area contributed by atoms with Crippen LogP contribution in [0.15, 0.2) is 47.3 Å². The van der Waals surface area contributed by atoms with Gasteiger partial charge in [-0.05, 0) is 50.3 Å². The van der Waals surface area contributed by atoms with Gasteiger partial charge in [0.2, 0.25) is 0 Å². The van der Waals surface area contributed by atoms with Crippen molar-refractivity contribution in [2.24, 2.45) is 0 Å². The van der Waals surface area contributed by atoms with E-state index < -0.39 is 0 Å². The first-order valence-electron chi connectivity index (χ1n) is 7.02. The van der Waals surface area contributed by atoms with Gasteiger partial charge in [0.25, 0.3) is 0 Å². The summed E-state index contributed by atoms with van der Waals surface area (Å²) < 4.78 is 7.74. The van der Waals surface area contributed by atoms with Gasteiger partial charge in [0.15, 0.2) is 5.43 Å². The van der Waals surface area contributed by atoms with E-state index in [2.05, 4.69) is 5.32 Å². The molecule has 3 aromatic rings.